The Hall–Kier alpha value is -2.65. The molecule has 3 fully saturated rings. The molecule has 2 saturated heterocycles. The molecule has 4 heterocycles. The van der Waals surface area contributed by atoms with Crippen molar-refractivity contribution >= 4 is 55.9 Å². The molecule has 1 N–H and O–H groups in total. The van der Waals surface area contributed by atoms with E-state index in [1.54, 1.807) is 17.4 Å². The van der Waals surface area contributed by atoms with Gasteiger partial charge in [-0.05, 0) is 68.9 Å². The number of halogens is 2. The van der Waals surface area contributed by atoms with Crippen LogP contribution in [0.15, 0.2) is 40.9 Å². The van der Waals surface area contributed by atoms with E-state index in [1.807, 2.05) is 30.3 Å². The molecule has 1 aliphatic carbocycles. The third-order valence-corrected chi connectivity index (χ3v) is 9.95. The minimum atomic E-state index is -0.323. The van der Waals surface area contributed by atoms with Gasteiger partial charge in [-0.1, -0.05) is 45.8 Å². The quantitative estimate of drug-likeness (QED) is 0.230. The van der Waals surface area contributed by atoms with Crippen molar-refractivity contribution in [3.05, 3.63) is 63.3 Å². The number of ether oxygens (including phenoxy) is 1. The summed E-state index contributed by atoms with van der Waals surface area (Å²) < 4.78 is 11.8. The lowest BCUT2D eigenvalue weighted by Crippen LogP contribution is -2.49. The van der Waals surface area contributed by atoms with Crippen molar-refractivity contribution in [2.24, 2.45) is 0 Å². The van der Waals surface area contributed by atoms with Gasteiger partial charge < -0.3 is 19.5 Å². The largest absolute Gasteiger partial charge is 0.465 e. The molecule has 3 aliphatic rings. The van der Waals surface area contributed by atoms with E-state index in [9.17, 15) is 4.79 Å². The normalized spacial score (nSPS) is 22.5. The highest BCUT2D eigenvalue weighted by Gasteiger charge is 2.42. The van der Waals surface area contributed by atoms with Gasteiger partial charge in [-0.2, -0.15) is 0 Å². The van der Waals surface area contributed by atoms with E-state index < -0.39 is 0 Å². The molecule has 2 aromatic heterocycles. The Bertz CT molecular complexity index is 1530. The maximum Gasteiger partial charge on any atom is 0.337 e. The number of thiazole rings is 1. The molecule has 1 saturated carbocycles. The van der Waals surface area contributed by atoms with Crippen LogP contribution in [0.25, 0.3) is 21.5 Å². The summed E-state index contributed by atoms with van der Waals surface area (Å²) in [6.07, 6.45) is 6.67. The number of esters is 1. The number of nitrogens with zero attached hydrogens (tertiary/aromatic N) is 3. The van der Waals surface area contributed by atoms with Gasteiger partial charge in [-0.25, -0.2) is 9.78 Å². The zero-order valence-corrected chi connectivity index (χ0v) is 23.8. The Morgan fingerprint density at radius 3 is 2.56 bits per heavy atom. The molecular formula is C29H28Cl2N4O3S. The maximum absolute atomic E-state index is 12.0. The molecule has 4 aromatic rings. The number of rotatable bonds is 7. The highest BCUT2D eigenvalue weighted by molar-refractivity contribution is 7.22. The molecule has 3 atom stereocenters. The Morgan fingerprint density at radius 2 is 1.87 bits per heavy atom. The standard InChI is InChI=1S/C29H28Cl2N4O3S/c1-37-28(36)16-7-10-23-24(11-16)39-29(33-23)35-18-8-9-19(35)13-17(12-18)32-14-20-26(34-38-27(20)15-5-6-15)25-21(30)3-2-4-22(25)31/h2-4,7,10-11,15,17-19,32H,5-6,8-9,12-14H2,1H3/t17?,18-,19+. The fourth-order valence-corrected chi connectivity index (χ4v) is 7.97. The van der Waals surface area contributed by atoms with Gasteiger partial charge in [-0.15, -0.1) is 0 Å². The third-order valence-electron chi connectivity index (χ3n) is 8.29. The van der Waals surface area contributed by atoms with E-state index in [0.29, 0.717) is 46.2 Å². The molecule has 7 rings (SSSR count). The second-order valence-electron chi connectivity index (χ2n) is 10.8. The van der Waals surface area contributed by atoms with Gasteiger partial charge in [0.1, 0.15) is 11.5 Å². The minimum Gasteiger partial charge on any atom is -0.465 e. The predicted molar refractivity (Wildman–Crippen MR) is 154 cm³/mol. The number of nitrogens with one attached hydrogen (secondary N) is 1. The fraction of sp³-hybridized carbons (Fsp3) is 0.414. The molecule has 39 heavy (non-hydrogen) atoms. The maximum atomic E-state index is 12.0. The van der Waals surface area contributed by atoms with Crippen LogP contribution in [0.1, 0.15) is 66.1 Å². The number of hydrogen-bond donors (Lipinski definition) is 1. The van der Waals surface area contributed by atoms with E-state index in [4.69, 9.17) is 37.4 Å². The number of benzene rings is 2. The number of fused-ring (bicyclic) bond motifs is 3. The molecular weight excluding hydrogens is 555 g/mol. The zero-order valence-electron chi connectivity index (χ0n) is 21.5. The average Bonchev–Trinajstić information content (AvgIpc) is 3.46. The fourth-order valence-electron chi connectivity index (χ4n) is 6.25. The zero-order chi connectivity index (χ0) is 26.7. The molecule has 0 radical (unpaired) electrons. The summed E-state index contributed by atoms with van der Waals surface area (Å²) in [5, 5.41) is 10.5. The number of anilines is 1. The van der Waals surface area contributed by atoms with Crippen molar-refractivity contribution in [1.29, 1.82) is 0 Å². The van der Waals surface area contributed by atoms with Crippen LogP contribution < -0.4 is 10.2 Å². The summed E-state index contributed by atoms with van der Waals surface area (Å²) in [4.78, 5) is 19.4. The van der Waals surface area contributed by atoms with Crippen molar-refractivity contribution in [2.75, 3.05) is 12.0 Å². The summed E-state index contributed by atoms with van der Waals surface area (Å²) in [7, 11) is 1.41. The molecule has 202 valence electrons. The summed E-state index contributed by atoms with van der Waals surface area (Å²) in [5.41, 5.74) is 4.06. The van der Waals surface area contributed by atoms with Crippen molar-refractivity contribution in [3.63, 3.8) is 0 Å². The first-order valence-electron chi connectivity index (χ1n) is 13.4. The lowest BCUT2D eigenvalue weighted by Gasteiger charge is -2.39. The van der Waals surface area contributed by atoms with Gasteiger partial charge in [0.2, 0.25) is 0 Å². The molecule has 7 nitrogen and oxygen atoms in total. The summed E-state index contributed by atoms with van der Waals surface area (Å²) in [5.74, 6) is 1.08. The number of carbonyl (C=O) groups excluding carboxylic acids is 1. The number of piperidine rings is 1. The Labute approximate surface area is 240 Å². The molecule has 0 amide bonds. The Balaban J connectivity index is 1.09. The van der Waals surface area contributed by atoms with E-state index in [1.165, 1.54) is 7.11 Å². The number of carbonyl (C=O) groups is 1. The third kappa shape index (κ3) is 4.61. The van der Waals surface area contributed by atoms with Crippen molar-refractivity contribution in [1.82, 2.24) is 15.5 Å². The molecule has 2 aromatic carbocycles. The Morgan fingerprint density at radius 1 is 1.13 bits per heavy atom. The van der Waals surface area contributed by atoms with Crippen LogP contribution in [0.3, 0.4) is 0 Å². The van der Waals surface area contributed by atoms with Crippen LogP contribution in [0.4, 0.5) is 5.13 Å². The van der Waals surface area contributed by atoms with E-state index in [0.717, 1.165) is 76.5 Å². The van der Waals surface area contributed by atoms with Crippen LogP contribution in [0.5, 0.6) is 0 Å². The topological polar surface area (TPSA) is 80.5 Å². The average molecular weight is 584 g/mol. The molecule has 1 unspecified atom stereocenters. The monoisotopic (exact) mass is 582 g/mol. The van der Waals surface area contributed by atoms with Gasteiger partial charge in [0.15, 0.2) is 5.13 Å². The first-order valence-corrected chi connectivity index (χ1v) is 15.0. The van der Waals surface area contributed by atoms with Gasteiger partial charge >= 0.3 is 5.97 Å². The number of hydrogen-bond acceptors (Lipinski definition) is 8. The molecule has 2 bridgehead atoms. The van der Waals surface area contributed by atoms with Crippen LogP contribution >= 0.6 is 34.5 Å². The minimum absolute atomic E-state index is 0.323. The van der Waals surface area contributed by atoms with Crippen LogP contribution in [-0.4, -0.2) is 41.3 Å². The molecule has 10 heteroatoms. The van der Waals surface area contributed by atoms with Crippen molar-refractivity contribution < 1.29 is 14.1 Å². The summed E-state index contributed by atoms with van der Waals surface area (Å²) in [6, 6.07) is 12.4. The van der Waals surface area contributed by atoms with E-state index in [-0.39, 0.29) is 5.97 Å². The van der Waals surface area contributed by atoms with E-state index in [2.05, 4.69) is 15.4 Å². The predicted octanol–water partition coefficient (Wildman–Crippen LogP) is 7.21. The summed E-state index contributed by atoms with van der Waals surface area (Å²) in [6.45, 7) is 0.674. The van der Waals surface area contributed by atoms with Crippen molar-refractivity contribution in [3.8, 4) is 11.3 Å². The van der Waals surface area contributed by atoms with Gasteiger partial charge in [0.05, 0.1) is 32.9 Å². The summed E-state index contributed by atoms with van der Waals surface area (Å²) >= 11 is 14.8. The lowest BCUT2D eigenvalue weighted by atomic mass is 9.97. The van der Waals surface area contributed by atoms with Gasteiger partial charge in [0.25, 0.3) is 0 Å². The first kappa shape index (κ1) is 25.3. The Kier molecular flexibility index (Phi) is 6.54. The van der Waals surface area contributed by atoms with Gasteiger partial charge in [0, 0.05) is 41.7 Å². The lowest BCUT2D eigenvalue weighted by molar-refractivity contribution is 0.0601. The van der Waals surface area contributed by atoms with Crippen LogP contribution in [0.2, 0.25) is 10.0 Å². The van der Waals surface area contributed by atoms with Crippen LogP contribution in [-0.2, 0) is 11.3 Å². The highest BCUT2D eigenvalue weighted by atomic mass is 35.5. The molecule has 2 aliphatic heterocycles. The first-order chi connectivity index (χ1) is 19.0. The van der Waals surface area contributed by atoms with Crippen molar-refractivity contribution in [2.45, 2.75) is 69.1 Å². The number of aromatic nitrogens is 2. The highest BCUT2D eigenvalue weighted by Crippen LogP contribution is 2.46. The van der Waals surface area contributed by atoms with E-state index >= 15 is 0 Å². The SMILES string of the molecule is COC(=O)c1ccc2nc(N3[C@@H]4CC[C@H]3CC(NCc3c(-c5c(Cl)cccc5Cl)noc3C3CC3)C4)sc2c1. The smallest absolute Gasteiger partial charge is 0.337 e. The molecule has 0 spiro atoms. The number of methoxy groups -OCH3 is 1. The van der Waals surface area contributed by atoms with Crippen LogP contribution in [0, 0.1) is 0 Å². The second kappa shape index (κ2) is 10.1. The van der Waals surface area contributed by atoms with Gasteiger partial charge in [-0.3, -0.25) is 0 Å². The second-order valence-corrected chi connectivity index (χ2v) is 12.6.